The average Bonchev–Trinajstić information content (AvgIpc) is 2.84. The van der Waals surface area contributed by atoms with E-state index in [0.717, 1.165) is 11.3 Å². The third-order valence-electron chi connectivity index (χ3n) is 2.61. The van der Waals surface area contributed by atoms with E-state index in [-0.39, 0.29) is 12.5 Å². The van der Waals surface area contributed by atoms with E-state index in [9.17, 15) is 4.79 Å². The van der Waals surface area contributed by atoms with Gasteiger partial charge in [-0.3, -0.25) is 10.1 Å². The summed E-state index contributed by atoms with van der Waals surface area (Å²) in [7, 11) is 0. The number of nitrogens with one attached hydrogen (secondary N) is 1. The number of rotatable bonds is 5. The van der Waals surface area contributed by atoms with E-state index in [4.69, 9.17) is 9.84 Å². The fourth-order valence-electron chi connectivity index (χ4n) is 1.59. The number of anilines is 1. The first-order chi connectivity index (χ1) is 9.58. The minimum atomic E-state index is -0.645. The Hall–Kier alpha value is -1.92. The Bertz CT molecular complexity index is 598. The molecule has 1 heterocycles. The summed E-state index contributed by atoms with van der Waals surface area (Å²) in [5.74, 6) is 0.295. The van der Waals surface area contributed by atoms with Crippen LogP contribution in [0.25, 0.3) is 0 Å². The van der Waals surface area contributed by atoms with E-state index in [2.05, 4.69) is 10.3 Å². The van der Waals surface area contributed by atoms with Crippen molar-refractivity contribution < 1.29 is 14.6 Å². The Kier molecular flexibility index (Phi) is 4.70. The summed E-state index contributed by atoms with van der Waals surface area (Å²) in [5, 5.41) is 14.2. The fraction of sp³-hybridized carbons (Fsp3) is 0.286. The number of ether oxygens (including phenoxy) is 1. The molecule has 1 amide bonds. The smallest absolute Gasteiger partial charge is 0.266 e. The lowest BCUT2D eigenvalue weighted by atomic mass is 10.2. The standard InChI is InChI=1S/C14H16N2O3S/c1-9-8-20-14(15-9)16-13(18)10(2)19-12-5-3-4-11(6-12)7-17/h3-6,8,10,17H,7H2,1-2H3,(H,15,16,18). The minimum absolute atomic E-state index is 0.0594. The van der Waals surface area contributed by atoms with Crippen LogP contribution in [0.4, 0.5) is 5.13 Å². The predicted molar refractivity (Wildman–Crippen MR) is 77.9 cm³/mol. The van der Waals surface area contributed by atoms with Crippen molar-refractivity contribution in [1.29, 1.82) is 0 Å². The van der Waals surface area contributed by atoms with Gasteiger partial charge in [0, 0.05) is 5.38 Å². The number of nitrogens with zero attached hydrogens (tertiary/aromatic N) is 1. The maximum absolute atomic E-state index is 12.0. The fourth-order valence-corrected chi connectivity index (χ4v) is 2.28. The predicted octanol–water partition coefficient (Wildman–Crippen LogP) is 2.35. The lowest BCUT2D eigenvalue weighted by Gasteiger charge is -2.14. The quantitative estimate of drug-likeness (QED) is 0.887. The van der Waals surface area contributed by atoms with E-state index in [0.29, 0.717) is 10.9 Å². The Morgan fingerprint density at radius 1 is 1.55 bits per heavy atom. The monoisotopic (exact) mass is 292 g/mol. The molecule has 20 heavy (non-hydrogen) atoms. The minimum Gasteiger partial charge on any atom is -0.481 e. The van der Waals surface area contributed by atoms with Crippen LogP contribution in [-0.4, -0.2) is 22.1 Å². The van der Waals surface area contributed by atoms with Crippen molar-refractivity contribution >= 4 is 22.4 Å². The summed E-state index contributed by atoms with van der Waals surface area (Å²) in [5.41, 5.74) is 1.61. The molecule has 0 spiro atoms. The lowest BCUT2D eigenvalue weighted by molar-refractivity contribution is -0.122. The Labute approximate surface area is 121 Å². The van der Waals surface area contributed by atoms with Crippen LogP contribution in [0.15, 0.2) is 29.6 Å². The van der Waals surface area contributed by atoms with Crippen LogP contribution in [0.1, 0.15) is 18.2 Å². The molecule has 0 bridgehead atoms. The lowest BCUT2D eigenvalue weighted by Crippen LogP contribution is -2.30. The van der Waals surface area contributed by atoms with Crippen molar-refractivity contribution in [2.45, 2.75) is 26.6 Å². The van der Waals surface area contributed by atoms with Gasteiger partial charge in [0.25, 0.3) is 5.91 Å². The number of aromatic nitrogens is 1. The zero-order chi connectivity index (χ0) is 14.5. The van der Waals surface area contributed by atoms with Gasteiger partial charge in [-0.15, -0.1) is 11.3 Å². The molecule has 0 aliphatic carbocycles. The largest absolute Gasteiger partial charge is 0.481 e. The normalized spacial score (nSPS) is 11.9. The maximum Gasteiger partial charge on any atom is 0.266 e. The van der Waals surface area contributed by atoms with Crippen molar-refractivity contribution in [2.24, 2.45) is 0 Å². The zero-order valence-corrected chi connectivity index (χ0v) is 12.1. The molecule has 106 valence electrons. The second kappa shape index (κ2) is 6.49. The van der Waals surface area contributed by atoms with E-state index in [1.165, 1.54) is 11.3 Å². The number of thiazole rings is 1. The summed E-state index contributed by atoms with van der Waals surface area (Å²) in [4.78, 5) is 16.1. The molecular weight excluding hydrogens is 276 g/mol. The number of aliphatic hydroxyl groups is 1. The molecule has 0 radical (unpaired) electrons. The average molecular weight is 292 g/mol. The highest BCUT2D eigenvalue weighted by molar-refractivity contribution is 7.13. The van der Waals surface area contributed by atoms with Crippen LogP contribution >= 0.6 is 11.3 Å². The van der Waals surface area contributed by atoms with Gasteiger partial charge in [0.15, 0.2) is 11.2 Å². The van der Waals surface area contributed by atoms with Gasteiger partial charge in [-0.25, -0.2) is 4.98 Å². The van der Waals surface area contributed by atoms with Crippen LogP contribution in [0.3, 0.4) is 0 Å². The number of aliphatic hydroxyl groups excluding tert-OH is 1. The van der Waals surface area contributed by atoms with Gasteiger partial charge in [-0.2, -0.15) is 0 Å². The molecule has 0 fully saturated rings. The van der Waals surface area contributed by atoms with E-state index < -0.39 is 6.10 Å². The second-order valence-electron chi connectivity index (χ2n) is 4.35. The van der Waals surface area contributed by atoms with Crippen molar-refractivity contribution in [3.8, 4) is 5.75 Å². The molecule has 0 aliphatic rings. The maximum atomic E-state index is 12.0. The summed E-state index contributed by atoms with van der Waals surface area (Å²) in [6.07, 6.45) is -0.645. The molecule has 0 saturated carbocycles. The van der Waals surface area contributed by atoms with Crippen molar-refractivity contribution in [1.82, 2.24) is 4.98 Å². The Morgan fingerprint density at radius 2 is 2.35 bits per heavy atom. The topological polar surface area (TPSA) is 71.5 Å². The Balaban J connectivity index is 1.96. The molecular formula is C14H16N2O3S. The van der Waals surface area contributed by atoms with Gasteiger partial charge in [0.2, 0.25) is 0 Å². The van der Waals surface area contributed by atoms with E-state index >= 15 is 0 Å². The third-order valence-corrected chi connectivity index (χ3v) is 3.49. The molecule has 5 nitrogen and oxygen atoms in total. The highest BCUT2D eigenvalue weighted by Crippen LogP contribution is 2.17. The van der Waals surface area contributed by atoms with E-state index in [1.807, 2.05) is 12.3 Å². The van der Waals surface area contributed by atoms with Gasteiger partial charge < -0.3 is 9.84 Å². The number of hydrogen-bond acceptors (Lipinski definition) is 5. The molecule has 6 heteroatoms. The molecule has 2 N–H and O–H groups in total. The number of benzene rings is 1. The van der Waals surface area contributed by atoms with Gasteiger partial charge in [0.1, 0.15) is 5.75 Å². The molecule has 0 saturated heterocycles. The molecule has 0 aliphatic heterocycles. The zero-order valence-electron chi connectivity index (χ0n) is 11.3. The number of amides is 1. The number of carbonyl (C=O) groups excluding carboxylic acids is 1. The molecule has 1 atom stereocenters. The van der Waals surface area contributed by atoms with Crippen LogP contribution in [-0.2, 0) is 11.4 Å². The van der Waals surface area contributed by atoms with Crippen molar-refractivity contribution in [2.75, 3.05) is 5.32 Å². The van der Waals surface area contributed by atoms with Gasteiger partial charge >= 0.3 is 0 Å². The number of carbonyl (C=O) groups is 1. The van der Waals surface area contributed by atoms with Crippen LogP contribution in [0.2, 0.25) is 0 Å². The summed E-state index contributed by atoms with van der Waals surface area (Å²) in [6.45, 7) is 3.48. The van der Waals surface area contributed by atoms with Crippen LogP contribution < -0.4 is 10.1 Å². The molecule has 1 unspecified atom stereocenters. The Morgan fingerprint density at radius 3 is 3.00 bits per heavy atom. The van der Waals surface area contributed by atoms with Gasteiger partial charge in [-0.1, -0.05) is 12.1 Å². The van der Waals surface area contributed by atoms with Crippen LogP contribution in [0, 0.1) is 6.92 Å². The second-order valence-corrected chi connectivity index (χ2v) is 5.21. The van der Waals surface area contributed by atoms with E-state index in [1.54, 1.807) is 31.2 Å². The molecule has 1 aromatic heterocycles. The first-order valence-electron chi connectivity index (χ1n) is 6.18. The highest BCUT2D eigenvalue weighted by Gasteiger charge is 2.16. The first-order valence-corrected chi connectivity index (χ1v) is 7.06. The van der Waals surface area contributed by atoms with Gasteiger partial charge in [0.05, 0.1) is 12.3 Å². The summed E-state index contributed by atoms with van der Waals surface area (Å²) >= 11 is 1.38. The number of hydrogen-bond donors (Lipinski definition) is 2. The summed E-state index contributed by atoms with van der Waals surface area (Å²) in [6, 6.07) is 7.01. The molecule has 2 rings (SSSR count). The summed E-state index contributed by atoms with van der Waals surface area (Å²) < 4.78 is 5.55. The molecule has 1 aromatic carbocycles. The third kappa shape index (κ3) is 3.79. The SMILES string of the molecule is Cc1csc(NC(=O)C(C)Oc2cccc(CO)c2)n1. The number of aryl methyl sites for hydroxylation is 1. The molecule has 2 aromatic rings. The van der Waals surface area contributed by atoms with Crippen LogP contribution in [0.5, 0.6) is 5.75 Å². The van der Waals surface area contributed by atoms with Crippen molar-refractivity contribution in [3.63, 3.8) is 0 Å². The highest BCUT2D eigenvalue weighted by atomic mass is 32.1. The van der Waals surface area contributed by atoms with Gasteiger partial charge in [-0.05, 0) is 31.5 Å². The van der Waals surface area contributed by atoms with Crippen molar-refractivity contribution in [3.05, 3.63) is 40.9 Å². The first kappa shape index (κ1) is 14.5.